The van der Waals surface area contributed by atoms with Gasteiger partial charge in [-0.25, -0.2) is 8.42 Å². The number of halogens is 3. The van der Waals surface area contributed by atoms with Crippen LogP contribution in [0.2, 0.25) is 10.0 Å². The van der Waals surface area contributed by atoms with Crippen LogP contribution in [0.4, 0.5) is 5.69 Å². The van der Waals surface area contributed by atoms with E-state index in [-0.39, 0.29) is 23.4 Å². The number of hydrogen-bond acceptors (Lipinski definition) is 4. The average molecular weight is 743 g/mol. The van der Waals surface area contributed by atoms with Crippen LogP contribution in [0.1, 0.15) is 51.0 Å². The molecule has 0 aromatic heterocycles. The third-order valence-electron chi connectivity index (χ3n) is 7.40. The molecule has 1 saturated carbocycles. The van der Waals surface area contributed by atoms with E-state index >= 15 is 0 Å². The highest BCUT2D eigenvalue weighted by atomic mass is 127. The number of benzene rings is 3. The molecule has 1 N–H and O–H groups in total. The summed E-state index contributed by atoms with van der Waals surface area (Å²) in [6.45, 7) is 1.41. The summed E-state index contributed by atoms with van der Waals surface area (Å²) >= 11 is 14.6. The number of anilines is 1. The fourth-order valence-electron chi connectivity index (χ4n) is 5.15. The predicted octanol–water partition coefficient (Wildman–Crippen LogP) is 7.05. The van der Waals surface area contributed by atoms with Gasteiger partial charge in [-0.05, 0) is 95.9 Å². The van der Waals surface area contributed by atoms with Crippen molar-refractivity contribution in [3.05, 3.63) is 92.0 Å². The summed E-state index contributed by atoms with van der Waals surface area (Å²) in [5, 5.41) is 3.85. The van der Waals surface area contributed by atoms with Gasteiger partial charge in [-0.2, -0.15) is 0 Å². The Kier molecular flexibility index (Phi) is 11.6. The van der Waals surface area contributed by atoms with Crippen LogP contribution in [-0.4, -0.2) is 43.8 Å². The van der Waals surface area contributed by atoms with Crippen LogP contribution < -0.4 is 9.62 Å². The molecule has 1 unspecified atom stereocenters. The first-order chi connectivity index (χ1) is 20.1. The molecule has 42 heavy (non-hydrogen) atoms. The van der Waals surface area contributed by atoms with Crippen LogP contribution in [0.5, 0.6) is 0 Å². The monoisotopic (exact) mass is 741 g/mol. The molecule has 1 aliphatic rings. The first-order valence-electron chi connectivity index (χ1n) is 14.0. The summed E-state index contributed by atoms with van der Waals surface area (Å²) in [6, 6.07) is 19.2. The lowest BCUT2D eigenvalue weighted by Gasteiger charge is -2.34. The van der Waals surface area contributed by atoms with Gasteiger partial charge < -0.3 is 10.2 Å². The van der Waals surface area contributed by atoms with Crippen molar-refractivity contribution in [1.82, 2.24) is 10.2 Å². The number of nitrogens with zero attached hydrogens (tertiary/aromatic N) is 2. The molecule has 0 heterocycles. The van der Waals surface area contributed by atoms with E-state index in [1.54, 1.807) is 60.7 Å². The summed E-state index contributed by atoms with van der Waals surface area (Å²) in [4.78, 5) is 29.4. The lowest BCUT2D eigenvalue weighted by atomic mass is 9.95. The first-order valence-corrected chi connectivity index (χ1v) is 17.2. The number of nitrogens with one attached hydrogen (secondary N) is 1. The van der Waals surface area contributed by atoms with Crippen LogP contribution in [0, 0.1) is 3.57 Å². The van der Waals surface area contributed by atoms with Crippen molar-refractivity contribution in [3.63, 3.8) is 0 Å². The maximum absolute atomic E-state index is 14.2. The molecular weight excluding hydrogens is 708 g/mol. The Labute approximate surface area is 271 Å². The van der Waals surface area contributed by atoms with E-state index in [1.807, 2.05) is 6.92 Å². The van der Waals surface area contributed by atoms with Gasteiger partial charge in [0, 0.05) is 16.2 Å². The highest BCUT2D eigenvalue weighted by Gasteiger charge is 2.34. The van der Waals surface area contributed by atoms with Crippen LogP contribution in [0.3, 0.4) is 0 Å². The zero-order valence-electron chi connectivity index (χ0n) is 23.3. The zero-order valence-corrected chi connectivity index (χ0v) is 27.8. The van der Waals surface area contributed by atoms with Gasteiger partial charge in [0.05, 0.1) is 20.6 Å². The van der Waals surface area contributed by atoms with Crippen LogP contribution in [0.25, 0.3) is 0 Å². The van der Waals surface area contributed by atoms with Crippen molar-refractivity contribution in [2.24, 2.45) is 0 Å². The second-order valence-electron chi connectivity index (χ2n) is 10.3. The van der Waals surface area contributed by atoms with E-state index in [2.05, 4.69) is 27.9 Å². The van der Waals surface area contributed by atoms with E-state index in [0.717, 1.165) is 40.0 Å². The first kappa shape index (κ1) is 32.6. The van der Waals surface area contributed by atoms with Gasteiger partial charge in [0.1, 0.15) is 12.6 Å². The van der Waals surface area contributed by atoms with Crippen LogP contribution >= 0.6 is 45.8 Å². The highest BCUT2D eigenvalue weighted by Crippen LogP contribution is 2.27. The van der Waals surface area contributed by atoms with E-state index in [0.29, 0.717) is 27.7 Å². The molecular formula is C31H34Cl2IN3O4S. The van der Waals surface area contributed by atoms with Gasteiger partial charge in [0.25, 0.3) is 10.0 Å². The Morgan fingerprint density at radius 3 is 2.24 bits per heavy atom. The van der Waals surface area contributed by atoms with Crippen LogP contribution in [-0.2, 0) is 26.2 Å². The van der Waals surface area contributed by atoms with Crippen molar-refractivity contribution >= 4 is 73.3 Å². The summed E-state index contributed by atoms with van der Waals surface area (Å²) < 4.78 is 29.8. The molecule has 0 bridgehead atoms. The van der Waals surface area contributed by atoms with Gasteiger partial charge >= 0.3 is 0 Å². The van der Waals surface area contributed by atoms with Crippen molar-refractivity contribution < 1.29 is 18.0 Å². The van der Waals surface area contributed by atoms with Gasteiger partial charge in [-0.3, -0.25) is 13.9 Å². The van der Waals surface area contributed by atoms with Crippen LogP contribution in [0.15, 0.2) is 77.7 Å². The fourth-order valence-corrected chi connectivity index (χ4v) is 7.27. The molecule has 3 aromatic rings. The number of amides is 2. The molecule has 0 radical (unpaired) electrons. The molecule has 11 heteroatoms. The molecule has 0 aliphatic heterocycles. The van der Waals surface area contributed by atoms with Gasteiger partial charge in [-0.1, -0.05) is 73.7 Å². The van der Waals surface area contributed by atoms with E-state index < -0.39 is 28.5 Å². The Morgan fingerprint density at radius 1 is 0.952 bits per heavy atom. The topological polar surface area (TPSA) is 86.8 Å². The molecule has 2 amide bonds. The maximum atomic E-state index is 14.2. The third-order valence-corrected chi connectivity index (χ3v) is 10.6. The van der Waals surface area contributed by atoms with Gasteiger partial charge in [0.15, 0.2) is 0 Å². The van der Waals surface area contributed by atoms with Crippen molar-refractivity contribution in [2.75, 3.05) is 10.8 Å². The summed E-state index contributed by atoms with van der Waals surface area (Å²) in [7, 11) is -4.11. The Bertz CT molecular complexity index is 1480. The average Bonchev–Trinajstić information content (AvgIpc) is 2.99. The lowest BCUT2D eigenvalue weighted by Crippen LogP contribution is -2.54. The highest BCUT2D eigenvalue weighted by molar-refractivity contribution is 14.1. The summed E-state index contributed by atoms with van der Waals surface area (Å²) in [5.41, 5.74) is 1.02. The number of sulfonamides is 1. The third kappa shape index (κ3) is 8.18. The molecule has 1 fully saturated rings. The molecule has 4 rings (SSSR count). The minimum atomic E-state index is -4.11. The minimum absolute atomic E-state index is 0.0538. The quantitative estimate of drug-likeness (QED) is 0.214. The zero-order chi connectivity index (χ0) is 30.3. The molecule has 1 aliphatic carbocycles. The van der Waals surface area contributed by atoms with Crippen molar-refractivity contribution in [2.45, 2.75) is 69.0 Å². The Morgan fingerprint density at radius 2 is 1.62 bits per heavy atom. The summed E-state index contributed by atoms with van der Waals surface area (Å²) in [5.74, 6) is -0.755. The number of carbonyl (C=O) groups excluding carboxylic acids is 2. The molecule has 7 nitrogen and oxygen atoms in total. The lowest BCUT2D eigenvalue weighted by molar-refractivity contribution is -0.140. The van der Waals surface area contributed by atoms with E-state index in [4.69, 9.17) is 23.2 Å². The Hall–Kier alpha value is -2.34. The largest absolute Gasteiger partial charge is 0.352 e. The van der Waals surface area contributed by atoms with Gasteiger partial charge in [-0.15, -0.1) is 0 Å². The van der Waals surface area contributed by atoms with E-state index in [9.17, 15) is 18.0 Å². The molecule has 3 aromatic carbocycles. The number of rotatable bonds is 11. The standard InChI is InChI=1S/C31H34Cl2IN3O4S/c1-2-29(31(39)35-24-9-5-3-6-10-24)36(20-22-13-18-27(32)28(33)19-22)30(38)21-37(25-16-14-23(34)15-17-25)42(40,41)26-11-7-4-8-12-26/h4,7-8,11-19,24,29H,2-3,5-6,9-10,20-21H2,1H3,(H,35,39). The molecule has 224 valence electrons. The minimum Gasteiger partial charge on any atom is -0.352 e. The normalized spacial score (nSPS) is 14.7. The Balaban J connectivity index is 1.70. The van der Waals surface area contributed by atoms with Crippen molar-refractivity contribution in [3.8, 4) is 0 Å². The fraction of sp³-hybridized carbons (Fsp3) is 0.355. The van der Waals surface area contributed by atoms with Gasteiger partial charge in [0.2, 0.25) is 11.8 Å². The summed E-state index contributed by atoms with van der Waals surface area (Å²) in [6.07, 6.45) is 5.40. The smallest absolute Gasteiger partial charge is 0.264 e. The SMILES string of the molecule is CCC(C(=O)NC1CCCCC1)N(Cc1ccc(Cl)c(Cl)c1)C(=O)CN(c1ccc(I)cc1)S(=O)(=O)c1ccccc1. The second-order valence-corrected chi connectivity index (χ2v) is 14.3. The van der Waals surface area contributed by atoms with Crippen molar-refractivity contribution in [1.29, 1.82) is 0 Å². The number of carbonyl (C=O) groups is 2. The predicted molar refractivity (Wildman–Crippen MR) is 176 cm³/mol. The molecule has 1 atom stereocenters. The number of hydrogen-bond donors (Lipinski definition) is 1. The maximum Gasteiger partial charge on any atom is 0.264 e. The second kappa shape index (κ2) is 14.9. The molecule has 0 spiro atoms. The molecule has 0 saturated heterocycles. The van der Waals surface area contributed by atoms with E-state index in [1.165, 1.54) is 17.0 Å².